The van der Waals surface area contributed by atoms with Gasteiger partial charge >= 0.3 is 0 Å². The predicted octanol–water partition coefficient (Wildman–Crippen LogP) is 3.79. The average molecular weight is 363 g/mol. The van der Waals surface area contributed by atoms with Gasteiger partial charge in [0, 0.05) is 25.9 Å². The van der Waals surface area contributed by atoms with Crippen molar-refractivity contribution in [2.45, 2.75) is 25.8 Å². The van der Waals surface area contributed by atoms with Crippen LogP contribution in [0, 0.1) is 6.92 Å². The van der Waals surface area contributed by atoms with Gasteiger partial charge in [0.1, 0.15) is 17.6 Å². The average Bonchev–Trinajstić information content (AvgIpc) is 3.11. The summed E-state index contributed by atoms with van der Waals surface area (Å²) in [6, 6.07) is 17.5. The summed E-state index contributed by atoms with van der Waals surface area (Å²) in [5, 5.41) is 3.10. The molecule has 140 valence electrons. The molecule has 5 nitrogen and oxygen atoms in total. The molecule has 1 atom stereocenters. The molecule has 5 heteroatoms. The van der Waals surface area contributed by atoms with Gasteiger partial charge in [-0.15, -0.1) is 0 Å². The fourth-order valence-corrected chi connectivity index (χ4v) is 2.89. The Morgan fingerprint density at radius 3 is 2.56 bits per heavy atom. The fraction of sp³-hybridized carbons (Fsp3) is 0.273. The zero-order valence-corrected chi connectivity index (χ0v) is 15.8. The lowest BCUT2D eigenvalue weighted by Gasteiger charge is -2.19. The van der Waals surface area contributed by atoms with Gasteiger partial charge in [0.05, 0.1) is 6.61 Å². The van der Waals surface area contributed by atoms with Crippen molar-refractivity contribution in [2.75, 3.05) is 6.61 Å². The van der Waals surface area contributed by atoms with Crippen molar-refractivity contribution in [1.29, 1.82) is 0 Å². The molecule has 1 heterocycles. The van der Waals surface area contributed by atoms with Gasteiger partial charge in [-0.3, -0.25) is 4.79 Å². The molecule has 0 spiro atoms. The van der Waals surface area contributed by atoms with Crippen LogP contribution in [0.1, 0.15) is 35.8 Å². The number of hydrogen-bond acceptors (Lipinski definition) is 3. The maximum atomic E-state index is 12.5. The maximum absolute atomic E-state index is 12.5. The van der Waals surface area contributed by atoms with Gasteiger partial charge < -0.3 is 14.6 Å². The Morgan fingerprint density at radius 1 is 1.15 bits per heavy atom. The van der Waals surface area contributed by atoms with Crippen LogP contribution in [0.2, 0.25) is 0 Å². The van der Waals surface area contributed by atoms with Crippen LogP contribution in [-0.2, 0) is 11.8 Å². The molecule has 0 aliphatic carbocycles. The number of amides is 1. The molecule has 1 amide bonds. The van der Waals surface area contributed by atoms with E-state index in [4.69, 9.17) is 4.74 Å². The van der Waals surface area contributed by atoms with Crippen molar-refractivity contribution >= 4 is 5.91 Å². The summed E-state index contributed by atoms with van der Waals surface area (Å²) >= 11 is 0. The minimum Gasteiger partial charge on any atom is -0.494 e. The second kappa shape index (κ2) is 9.03. The number of benzene rings is 2. The van der Waals surface area contributed by atoms with Crippen molar-refractivity contribution in [2.24, 2.45) is 7.05 Å². The standard InChI is InChI=1S/C22H25N3O2/c1-17-10-12-19(13-11-17)27-16-6-9-20(26)24-21(18-7-4-3-5-8-18)22-23-14-15-25(22)2/h3-5,7-8,10-15,21H,6,9,16H2,1-2H3,(H,24,26). The smallest absolute Gasteiger partial charge is 0.220 e. The Balaban J connectivity index is 1.55. The molecule has 0 saturated heterocycles. The molecule has 1 N–H and O–H groups in total. The number of nitrogens with zero attached hydrogens (tertiary/aromatic N) is 2. The molecule has 3 aromatic rings. The number of aromatic nitrogens is 2. The van der Waals surface area contributed by atoms with Crippen LogP contribution < -0.4 is 10.1 Å². The summed E-state index contributed by atoms with van der Waals surface area (Å²) in [7, 11) is 1.93. The zero-order chi connectivity index (χ0) is 19.1. The van der Waals surface area contributed by atoms with E-state index in [1.54, 1.807) is 6.20 Å². The van der Waals surface area contributed by atoms with E-state index in [9.17, 15) is 4.79 Å². The Morgan fingerprint density at radius 2 is 1.89 bits per heavy atom. The summed E-state index contributed by atoms with van der Waals surface area (Å²) in [5.74, 6) is 1.63. The van der Waals surface area contributed by atoms with Gasteiger partial charge in [-0.2, -0.15) is 0 Å². The van der Waals surface area contributed by atoms with Crippen LogP contribution in [-0.4, -0.2) is 22.1 Å². The van der Waals surface area contributed by atoms with Crippen molar-refractivity contribution < 1.29 is 9.53 Å². The number of carbonyl (C=O) groups excluding carboxylic acids is 1. The summed E-state index contributed by atoms with van der Waals surface area (Å²) in [6.45, 7) is 2.55. The summed E-state index contributed by atoms with van der Waals surface area (Å²) in [4.78, 5) is 16.9. The van der Waals surface area contributed by atoms with Gasteiger partial charge in [-0.05, 0) is 31.0 Å². The van der Waals surface area contributed by atoms with Crippen LogP contribution in [0.3, 0.4) is 0 Å². The van der Waals surface area contributed by atoms with E-state index in [1.165, 1.54) is 5.56 Å². The number of ether oxygens (including phenoxy) is 1. The van der Waals surface area contributed by atoms with Gasteiger partial charge in [0.15, 0.2) is 0 Å². The molecule has 3 rings (SSSR count). The molecule has 1 unspecified atom stereocenters. The first-order valence-electron chi connectivity index (χ1n) is 9.14. The molecule has 1 aromatic heterocycles. The fourth-order valence-electron chi connectivity index (χ4n) is 2.89. The molecule has 0 radical (unpaired) electrons. The number of hydrogen-bond donors (Lipinski definition) is 1. The SMILES string of the molecule is Cc1ccc(OCCCC(=O)NC(c2ccccc2)c2nccn2C)cc1. The Hall–Kier alpha value is -3.08. The predicted molar refractivity (Wildman–Crippen MR) is 106 cm³/mol. The van der Waals surface area contributed by atoms with Gasteiger partial charge in [0.2, 0.25) is 5.91 Å². The van der Waals surface area contributed by atoms with Crippen LogP contribution in [0.25, 0.3) is 0 Å². The molecular weight excluding hydrogens is 338 g/mol. The van der Waals surface area contributed by atoms with E-state index >= 15 is 0 Å². The van der Waals surface area contributed by atoms with Crippen molar-refractivity contribution in [1.82, 2.24) is 14.9 Å². The first kappa shape index (κ1) is 18.7. The Labute approximate surface area is 160 Å². The van der Waals surface area contributed by atoms with Crippen LogP contribution in [0.5, 0.6) is 5.75 Å². The summed E-state index contributed by atoms with van der Waals surface area (Å²) < 4.78 is 7.62. The van der Waals surface area contributed by atoms with Gasteiger partial charge in [0.25, 0.3) is 0 Å². The molecular formula is C22H25N3O2. The number of nitrogens with one attached hydrogen (secondary N) is 1. The summed E-state index contributed by atoms with van der Waals surface area (Å²) in [5.41, 5.74) is 2.21. The second-order valence-electron chi connectivity index (χ2n) is 6.57. The highest BCUT2D eigenvalue weighted by Gasteiger charge is 2.20. The number of rotatable bonds is 8. The lowest BCUT2D eigenvalue weighted by molar-refractivity contribution is -0.121. The van der Waals surface area contributed by atoms with Gasteiger partial charge in [-0.1, -0.05) is 48.0 Å². The van der Waals surface area contributed by atoms with Crippen LogP contribution in [0.4, 0.5) is 0 Å². The number of imidazole rings is 1. The topological polar surface area (TPSA) is 56.1 Å². The third-order valence-electron chi connectivity index (χ3n) is 4.39. The van der Waals surface area contributed by atoms with E-state index in [2.05, 4.69) is 10.3 Å². The lowest BCUT2D eigenvalue weighted by atomic mass is 10.1. The highest BCUT2D eigenvalue weighted by Crippen LogP contribution is 2.20. The lowest BCUT2D eigenvalue weighted by Crippen LogP contribution is -2.31. The van der Waals surface area contributed by atoms with E-state index < -0.39 is 0 Å². The monoisotopic (exact) mass is 363 g/mol. The zero-order valence-electron chi connectivity index (χ0n) is 15.8. The van der Waals surface area contributed by atoms with Crippen LogP contribution >= 0.6 is 0 Å². The Kier molecular flexibility index (Phi) is 6.26. The second-order valence-corrected chi connectivity index (χ2v) is 6.57. The molecule has 0 bridgehead atoms. The third-order valence-corrected chi connectivity index (χ3v) is 4.39. The van der Waals surface area contributed by atoms with E-state index in [1.807, 2.05) is 79.3 Å². The molecule has 0 aliphatic heterocycles. The van der Waals surface area contributed by atoms with E-state index in [-0.39, 0.29) is 11.9 Å². The van der Waals surface area contributed by atoms with E-state index in [0.29, 0.717) is 19.4 Å². The molecule has 27 heavy (non-hydrogen) atoms. The molecule has 2 aromatic carbocycles. The molecule has 0 saturated carbocycles. The third kappa shape index (κ3) is 5.20. The summed E-state index contributed by atoms with van der Waals surface area (Å²) in [6.07, 6.45) is 4.68. The quantitative estimate of drug-likeness (QED) is 0.620. The van der Waals surface area contributed by atoms with Crippen molar-refractivity contribution in [3.63, 3.8) is 0 Å². The number of aryl methyl sites for hydroxylation is 2. The molecule has 0 fully saturated rings. The maximum Gasteiger partial charge on any atom is 0.220 e. The number of carbonyl (C=O) groups is 1. The van der Waals surface area contributed by atoms with Crippen molar-refractivity contribution in [3.05, 3.63) is 83.9 Å². The highest BCUT2D eigenvalue weighted by molar-refractivity contribution is 5.76. The minimum atomic E-state index is -0.267. The van der Waals surface area contributed by atoms with E-state index in [0.717, 1.165) is 17.1 Å². The van der Waals surface area contributed by atoms with Crippen molar-refractivity contribution in [3.8, 4) is 5.75 Å². The molecule has 0 aliphatic rings. The van der Waals surface area contributed by atoms with Crippen LogP contribution in [0.15, 0.2) is 67.0 Å². The Bertz CT molecular complexity index is 857. The first-order valence-corrected chi connectivity index (χ1v) is 9.14. The normalized spacial score (nSPS) is 11.8. The highest BCUT2D eigenvalue weighted by atomic mass is 16.5. The largest absolute Gasteiger partial charge is 0.494 e. The first-order chi connectivity index (χ1) is 13.1. The minimum absolute atomic E-state index is 0.0145. The van der Waals surface area contributed by atoms with Gasteiger partial charge in [-0.25, -0.2) is 4.98 Å².